The first-order valence-electron chi connectivity index (χ1n) is 8.26. The van der Waals surface area contributed by atoms with E-state index >= 15 is 0 Å². The number of aromatic hydroxyl groups is 1. The van der Waals surface area contributed by atoms with Gasteiger partial charge in [0, 0.05) is 29.6 Å². The molecule has 0 fully saturated rings. The number of phenols is 1. The summed E-state index contributed by atoms with van der Waals surface area (Å²) < 4.78 is 5.37. The van der Waals surface area contributed by atoms with Crippen LogP contribution in [-0.4, -0.2) is 23.7 Å². The summed E-state index contributed by atoms with van der Waals surface area (Å²) in [7, 11) is 1.68. The van der Waals surface area contributed by atoms with Crippen LogP contribution in [0.4, 0.5) is 0 Å². The van der Waals surface area contributed by atoms with Gasteiger partial charge in [-0.15, -0.1) is 11.3 Å². The first kappa shape index (κ1) is 15.5. The van der Waals surface area contributed by atoms with Gasteiger partial charge in [-0.1, -0.05) is 12.1 Å². The van der Waals surface area contributed by atoms with E-state index in [1.54, 1.807) is 13.2 Å². The molecule has 1 aliphatic heterocycles. The van der Waals surface area contributed by atoms with E-state index in [-0.39, 0.29) is 0 Å². The lowest BCUT2D eigenvalue weighted by Gasteiger charge is -2.34. The van der Waals surface area contributed by atoms with Crippen LogP contribution >= 0.6 is 11.3 Å². The molecular weight excluding hydrogens is 318 g/mol. The minimum Gasteiger partial charge on any atom is -0.508 e. The molecule has 1 aliphatic rings. The van der Waals surface area contributed by atoms with Gasteiger partial charge in [0.25, 0.3) is 0 Å². The molecule has 24 heavy (non-hydrogen) atoms. The first-order valence-corrected chi connectivity index (χ1v) is 9.14. The molecule has 124 valence electrons. The summed E-state index contributed by atoms with van der Waals surface area (Å²) in [4.78, 5) is 3.95. The summed E-state index contributed by atoms with van der Waals surface area (Å²) in [5.41, 5.74) is 2.42. The minimum atomic E-state index is 0.360. The molecule has 3 aromatic rings. The Kier molecular flexibility index (Phi) is 3.94. The number of thiophene rings is 1. The van der Waals surface area contributed by atoms with Crippen molar-refractivity contribution >= 4 is 22.1 Å². The van der Waals surface area contributed by atoms with Crippen molar-refractivity contribution in [3.63, 3.8) is 0 Å². The first-order chi connectivity index (χ1) is 11.7. The molecule has 1 atom stereocenters. The molecule has 0 unspecified atom stereocenters. The van der Waals surface area contributed by atoms with E-state index in [0.29, 0.717) is 11.8 Å². The molecule has 0 aliphatic carbocycles. The monoisotopic (exact) mass is 339 g/mol. The average Bonchev–Trinajstić information content (AvgIpc) is 3.08. The highest BCUT2D eigenvalue weighted by Crippen LogP contribution is 2.37. The number of fused-ring (bicyclic) bond motifs is 2. The zero-order valence-corrected chi connectivity index (χ0v) is 14.8. The lowest BCUT2D eigenvalue weighted by Crippen LogP contribution is -2.32. The predicted octanol–water partition coefficient (Wildman–Crippen LogP) is 4.73. The van der Waals surface area contributed by atoms with E-state index in [1.165, 1.54) is 10.4 Å². The Balaban J connectivity index is 1.73. The zero-order valence-electron chi connectivity index (χ0n) is 14.0. The Morgan fingerprint density at radius 3 is 2.92 bits per heavy atom. The molecule has 0 amide bonds. The van der Waals surface area contributed by atoms with Crippen LogP contribution in [0.5, 0.6) is 11.5 Å². The van der Waals surface area contributed by atoms with Crippen LogP contribution in [0.3, 0.4) is 0 Å². The lowest BCUT2D eigenvalue weighted by atomic mass is 9.98. The van der Waals surface area contributed by atoms with Crippen molar-refractivity contribution in [1.82, 2.24) is 4.90 Å². The van der Waals surface area contributed by atoms with E-state index in [1.807, 2.05) is 35.6 Å². The number of phenolic OH excluding ortho intramolecular Hbond substituents is 1. The summed E-state index contributed by atoms with van der Waals surface area (Å²) in [6, 6.07) is 12.4. The van der Waals surface area contributed by atoms with Crippen molar-refractivity contribution < 1.29 is 9.84 Å². The van der Waals surface area contributed by atoms with Crippen LogP contribution in [0.25, 0.3) is 10.8 Å². The van der Waals surface area contributed by atoms with Gasteiger partial charge in [0.2, 0.25) is 0 Å². The average molecular weight is 339 g/mol. The Labute approximate surface area is 146 Å². The third-order valence-corrected chi connectivity index (χ3v) is 6.08. The van der Waals surface area contributed by atoms with E-state index in [2.05, 4.69) is 23.3 Å². The summed E-state index contributed by atoms with van der Waals surface area (Å²) >= 11 is 1.86. The predicted molar refractivity (Wildman–Crippen MR) is 99.0 cm³/mol. The van der Waals surface area contributed by atoms with Crippen LogP contribution < -0.4 is 4.74 Å². The molecule has 4 rings (SSSR count). The fourth-order valence-corrected chi connectivity index (χ4v) is 4.59. The highest BCUT2D eigenvalue weighted by Gasteiger charge is 2.25. The highest BCUT2D eigenvalue weighted by molar-refractivity contribution is 7.10. The Bertz CT molecular complexity index is 886. The summed E-state index contributed by atoms with van der Waals surface area (Å²) in [6.45, 7) is 4.02. The molecule has 0 bridgehead atoms. The van der Waals surface area contributed by atoms with Gasteiger partial charge in [-0.25, -0.2) is 0 Å². The Morgan fingerprint density at radius 1 is 1.25 bits per heavy atom. The number of rotatable bonds is 3. The maximum absolute atomic E-state index is 10.5. The number of nitrogens with zero attached hydrogens (tertiary/aromatic N) is 1. The second kappa shape index (κ2) is 6.11. The molecule has 0 saturated heterocycles. The molecule has 1 N–H and O–H groups in total. The molecule has 4 heteroatoms. The largest absolute Gasteiger partial charge is 0.508 e. The minimum absolute atomic E-state index is 0.360. The maximum atomic E-state index is 10.5. The standard InChI is InChI=1S/C20H21NO2S/c1-13-16-8-10-24-20(16)7-9-21(13)12-18-17-11-15(23-2)5-3-14(17)4-6-19(18)22/h3-6,8,10-11,13,22H,7,9,12H2,1-2H3/t13-/m1/s1. The van der Waals surface area contributed by atoms with Crippen LogP contribution in [-0.2, 0) is 13.0 Å². The van der Waals surface area contributed by atoms with E-state index in [0.717, 1.165) is 41.6 Å². The van der Waals surface area contributed by atoms with E-state index in [9.17, 15) is 5.11 Å². The number of ether oxygens (including phenoxy) is 1. The summed E-state index contributed by atoms with van der Waals surface area (Å²) in [5, 5.41) is 14.9. The van der Waals surface area contributed by atoms with Crippen molar-refractivity contribution in [3.05, 3.63) is 57.8 Å². The van der Waals surface area contributed by atoms with E-state index < -0.39 is 0 Å². The van der Waals surface area contributed by atoms with Crippen LogP contribution in [0, 0.1) is 0 Å². The quantitative estimate of drug-likeness (QED) is 0.748. The second-order valence-corrected chi connectivity index (χ2v) is 7.35. The van der Waals surface area contributed by atoms with Crippen LogP contribution in [0.2, 0.25) is 0 Å². The number of hydrogen-bond acceptors (Lipinski definition) is 4. The normalized spacial score (nSPS) is 17.8. The molecule has 2 heterocycles. The molecule has 0 saturated carbocycles. The lowest BCUT2D eigenvalue weighted by molar-refractivity contribution is 0.190. The van der Waals surface area contributed by atoms with Crippen molar-refractivity contribution in [1.29, 1.82) is 0 Å². The second-order valence-electron chi connectivity index (χ2n) is 6.35. The van der Waals surface area contributed by atoms with Gasteiger partial charge in [0.1, 0.15) is 11.5 Å². The molecular formula is C20H21NO2S. The van der Waals surface area contributed by atoms with Crippen molar-refractivity contribution in [2.75, 3.05) is 13.7 Å². The summed E-state index contributed by atoms with van der Waals surface area (Å²) in [6.07, 6.45) is 1.09. The molecule has 2 aromatic carbocycles. The number of hydrogen-bond donors (Lipinski definition) is 1. The third kappa shape index (κ3) is 2.56. The van der Waals surface area contributed by atoms with Crippen LogP contribution in [0.15, 0.2) is 41.8 Å². The van der Waals surface area contributed by atoms with Crippen molar-refractivity contribution in [2.24, 2.45) is 0 Å². The highest BCUT2D eigenvalue weighted by atomic mass is 32.1. The fraction of sp³-hybridized carbons (Fsp3) is 0.300. The van der Waals surface area contributed by atoms with Gasteiger partial charge in [-0.2, -0.15) is 0 Å². The van der Waals surface area contributed by atoms with Gasteiger partial charge in [0.15, 0.2) is 0 Å². The van der Waals surface area contributed by atoms with Crippen molar-refractivity contribution in [2.45, 2.75) is 25.9 Å². The Hall–Kier alpha value is -2.04. The number of benzene rings is 2. The molecule has 3 nitrogen and oxygen atoms in total. The number of methoxy groups -OCH3 is 1. The zero-order chi connectivity index (χ0) is 16.7. The van der Waals surface area contributed by atoms with Gasteiger partial charge in [0.05, 0.1) is 7.11 Å². The fourth-order valence-electron chi connectivity index (χ4n) is 3.62. The Morgan fingerprint density at radius 2 is 2.08 bits per heavy atom. The van der Waals surface area contributed by atoms with Gasteiger partial charge in [-0.3, -0.25) is 4.90 Å². The van der Waals surface area contributed by atoms with Crippen molar-refractivity contribution in [3.8, 4) is 11.5 Å². The summed E-state index contributed by atoms with van der Waals surface area (Å²) in [5.74, 6) is 1.18. The smallest absolute Gasteiger partial charge is 0.120 e. The topological polar surface area (TPSA) is 32.7 Å². The molecule has 1 aromatic heterocycles. The SMILES string of the molecule is COc1ccc2ccc(O)c(CN3CCc4sccc4[C@H]3C)c2c1. The van der Waals surface area contributed by atoms with E-state index in [4.69, 9.17) is 4.74 Å². The van der Waals surface area contributed by atoms with Gasteiger partial charge >= 0.3 is 0 Å². The van der Waals surface area contributed by atoms with Gasteiger partial charge in [-0.05, 0) is 59.3 Å². The molecule has 0 spiro atoms. The maximum Gasteiger partial charge on any atom is 0.120 e. The van der Waals surface area contributed by atoms with Crippen LogP contribution in [0.1, 0.15) is 29.0 Å². The molecule has 0 radical (unpaired) electrons. The van der Waals surface area contributed by atoms with Gasteiger partial charge < -0.3 is 9.84 Å². The third-order valence-electron chi connectivity index (χ3n) is 5.08.